The largest absolute Gasteiger partial charge is 0.326 e. The van der Waals surface area contributed by atoms with E-state index in [0.717, 1.165) is 21.8 Å². The molecule has 0 spiro atoms. The predicted molar refractivity (Wildman–Crippen MR) is 92.9 cm³/mol. The van der Waals surface area contributed by atoms with Gasteiger partial charge in [0, 0.05) is 34.6 Å². The van der Waals surface area contributed by atoms with Gasteiger partial charge < -0.3 is 15.5 Å². The molecule has 3 rings (SSSR count). The maximum absolute atomic E-state index is 12.3. The number of hydrogen-bond acceptors (Lipinski definition) is 3. The molecule has 0 unspecified atom stereocenters. The highest BCUT2D eigenvalue weighted by Gasteiger charge is 2.16. The van der Waals surface area contributed by atoms with E-state index in [4.69, 9.17) is 0 Å². The van der Waals surface area contributed by atoms with Gasteiger partial charge in [-0.05, 0) is 49.2 Å². The number of thiophene rings is 1. The Labute approximate surface area is 139 Å². The van der Waals surface area contributed by atoms with Gasteiger partial charge in [-0.15, -0.1) is 11.3 Å². The van der Waals surface area contributed by atoms with E-state index in [9.17, 15) is 9.59 Å². The van der Waals surface area contributed by atoms with Crippen molar-refractivity contribution in [1.29, 1.82) is 0 Å². The van der Waals surface area contributed by atoms with Crippen LogP contribution in [0.5, 0.6) is 0 Å². The van der Waals surface area contributed by atoms with Crippen molar-refractivity contribution >= 4 is 34.6 Å². The molecule has 1 aliphatic heterocycles. The third-order valence-corrected chi connectivity index (χ3v) is 4.77. The van der Waals surface area contributed by atoms with Crippen LogP contribution in [-0.2, 0) is 17.8 Å². The molecule has 0 fully saturated rings. The molecule has 2 aromatic rings. The Kier molecular flexibility index (Phi) is 4.34. The Morgan fingerprint density at radius 1 is 1.30 bits per heavy atom. The molecule has 2 N–H and O–H groups in total. The Morgan fingerprint density at radius 2 is 2.13 bits per heavy atom. The third kappa shape index (κ3) is 3.71. The van der Waals surface area contributed by atoms with E-state index in [-0.39, 0.29) is 11.9 Å². The summed E-state index contributed by atoms with van der Waals surface area (Å²) in [7, 11) is 1.78. The number of anilines is 2. The number of nitrogens with zero attached hydrogens (tertiary/aromatic N) is 1. The summed E-state index contributed by atoms with van der Waals surface area (Å²) >= 11 is 1.70. The molecule has 1 aromatic heterocycles. The van der Waals surface area contributed by atoms with Gasteiger partial charge in [-0.3, -0.25) is 4.79 Å². The summed E-state index contributed by atoms with van der Waals surface area (Å²) in [4.78, 5) is 27.7. The molecule has 5 nitrogen and oxygen atoms in total. The molecule has 23 heavy (non-hydrogen) atoms. The minimum absolute atomic E-state index is 0.0419. The lowest BCUT2D eigenvalue weighted by Crippen LogP contribution is -2.30. The Hall–Kier alpha value is -2.34. The standard InChI is InChI=1S/C17H19N3O2S/c1-11-3-6-14(23-11)10-20(2)17(22)18-13-5-7-15-12(9-13)4-8-16(21)19-15/h3,5-7,9H,4,8,10H2,1-2H3,(H,18,22)(H,19,21). The Bertz CT molecular complexity index is 754. The second kappa shape index (κ2) is 6.42. The predicted octanol–water partition coefficient (Wildman–Crippen LogP) is 3.61. The van der Waals surface area contributed by atoms with Crippen LogP contribution in [0.2, 0.25) is 0 Å². The van der Waals surface area contributed by atoms with Gasteiger partial charge in [-0.2, -0.15) is 0 Å². The molecular formula is C17H19N3O2S. The van der Waals surface area contributed by atoms with Gasteiger partial charge in [0.1, 0.15) is 0 Å². The zero-order valence-corrected chi connectivity index (χ0v) is 14.0. The maximum atomic E-state index is 12.3. The van der Waals surface area contributed by atoms with E-state index in [0.29, 0.717) is 19.4 Å². The molecule has 6 heteroatoms. The summed E-state index contributed by atoms with van der Waals surface area (Å²) in [6.45, 7) is 2.64. The monoisotopic (exact) mass is 329 g/mol. The van der Waals surface area contributed by atoms with Gasteiger partial charge in [0.05, 0.1) is 6.54 Å². The van der Waals surface area contributed by atoms with E-state index in [1.165, 1.54) is 4.88 Å². The number of rotatable bonds is 3. The summed E-state index contributed by atoms with van der Waals surface area (Å²) in [6, 6.07) is 9.54. The molecule has 3 amide bonds. The lowest BCUT2D eigenvalue weighted by Gasteiger charge is -2.20. The molecular weight excluding hydrogens is 310 g/mol. The molecule has 120 valence electrons. The number of urea groups is 1. The number of carbonyl (C=O) groups is 2. The van der Waals surface area contributed by atoms with Crippen LogP contribution in [0.1, 0.15) is 21.7 Å². The molecule has 1 aliphatic rings. The van der Waals surface area contributed by atoms with Crippen LogP contribution in [0.25, 0.3) is 0 Å². The van der Waals surface area contributed by atoms with Crippen molar-refractivity contribution < 1.29 is 9.59 Å². The molecule has 0 aliphatic carbocycles. The Morgan fingerprint density at radius 3 is 2.87 bits per heavy atom. The fourth-order valence-corrected chi connectivity index (χ4v) is 3.50. The highest BCUT2D eigenvalue weighted by atomic mass is 32.1. The van der Waals surface area contributed by atoms with Gasteiger partial charge in [-0.25, -0.2) is 4.79 Å². The molecule has 0 atom stereocenters. The maximum Gasteiger partial charge on any atom is 0.321 e. The minimum atomic E-state index is -0.143. The fraction of sp³-hybridized carbons (Fsp3) is 0.294. The summed E-state index contributed by atoms with van der Waals surface area (Å²) in [5.41, 5.74) is 2.64. The van der Waals surface area contributed by atoms with Gasteiger partial charge in [0.25, 0.3) is 0 Å². The first-order valence-corrected chi connectivity index (χ1v) is 8.33. The smallest absolute Gasteiger partial charge is 0.321 e. The zero-order chi connectivity index (χ0) is 16.4. The number of nitrogens with one attached hydrogen (secondary N) is 2. The fourth-order valence-electron chi connectivity index (χ4n) is 2.56. The van der Waals surface area contributed by atoms with Gasteiger partial charge in [0.15, 0.2) is 0 Å². The first-order chi connectivity index (χ1) is 11.0. The van der Waals surface area contributed by atoms with Crippen molar-refractivity contribution in [1.82, 2.24) is 4.90 Å². The average Bonchev–Trinajstić information content (AvgIpc) is 2.92. The number of carbonyl (C=O) groups excluding carboxylic acids is 2. The van der Waals surface area contributed by atoms with Gasteiger partial charge in [-0.1, -0.05) is 0 Å². The van der Waals surface area contributed by atoms with Crippen molar-refractivity contribution in [3.63, 3.8) is 0 Å². The van der Waals surface area contributed by atoms with Crippen LogP contribution < -0.4 is 10.6 Å². The van der Waals surface area contributed by atoms with Crippen molar-refractivity contribution in [3.8, 4) is 0 Å². The molecule has 0 radical (unpaired) electrons. The van der Waals surface area contributed by atoms with Crippen molar-refractivity contribution in [2.24, 2.45) is 0 Å². The summed E-state index contributed by atoms with van der Waals surface area (Å²) in [5.74, 6) is 0.0419. The van der Waals surface area contributed by atoms with Crippen LogP contribution in [0, 0.1) is 6.92 Å². The normalized spacial score (nSPS) is 13.2. The molecule has 0 bridgehead atoms. The molecule has 1 aromatic carbocycles. The van der Waals surface area contributed by atoms with Crippen molar-refractivity contribution in [2.75, 3.05) is 17.7 Å². The molecule has 0 saturated heterocycles. The van der Waals surface area contributed by atoms with E-state index in [1.807, 2.05) is 24.3 Å². The summed E-state index contributed by atoms with van der Waals surface area (Å²) in [6.07, 6.45) is 1.19. The number of aryl methyl sites for hydroxylation is 2. The van der Waals surface area contributed by atoms with E-state index >= 15 is 0 Å². The highest BCUT2D eigenvalue weighted by molar-refractivity contribution is 7.11. The molecule has 2 heterocycles. The number of benzene rings is 1. The first-order valence-electron chi connectivity index (χ1n) is 7.51. The van der Waals surface area contributed by atoms with Crippen LogP contribution >= 0.6 is 11.3 Å². The van der Waals surface area contributed by atoms with Crippen LogP contribution in [0.3, 0.4) is 0 Å². The van der Waals surface area contributed by atoms with Crippen molar-refractivity contribution in [3.05, 3.63) is 45.6 Å². The highest BCUT2D eigenvalue weighted by Crippen LogP contribution is 2.26. The minimum Gasteiger partial charge on any atom is -0.326 e. The lowest BCUT2D eigenvalue weighted by atomic mass is 10.0. The van der Waals surface area contributed by atoms with Crippen molar-refractivity contribution in [2.45, 2.75) is 26.3 Å². The van der Waals surface area contributed by atoms with E-state index in [2.05, 4.69) is 23.6 Å². The van der Waals surface area contributed by atoms with Gasteiger partial charge >= 0.3 is 6.03 Å². The molecule has 0 saturated carbocycles. The Balaban J connectivity index is 1.64. The zero-order valence-electron chi connectivity index (χ0n) is 13.2. The van der Waals surface area contributed by atoms with Crippen LogP contribution in [-0.4, -0.2) is 23.9 Å². The van der Waals surface area contributed by atoms with Crippen LogP contribution in [0.15, 0.2) is 30.3 Å². The van der Waals surface area contributed by atoms with Gasteiger partial charge in [0.2, 0.25) is 5.91 Å². The lowest BCUT2D eigenvalue weighted by molar-refractivity contribution is -0.116. The topological polar surface area (TPSA) is 61.4 Å². The average molecular weight is 329 g/mol. The second-order valence-electron chi connectivity index (χ2n) is 5.72. The van der Waals surface area contributed by atoms with E-state index in [1.54, 1.807) is 23.3 Å². The number of amides is 3. The third-order valence-electron chi connectivity index (χ3n) is 3.79. The summed E-state index contributed by atoms with van der Waals surface area (Å²) in [5, 5.41) is 5.75. The van der Waals surface area contributed by atoms with Crippen LogP contribution in [0.4, 0.5) is 16.2 Å². The first kappa shape index (κ1) is 15.6. The summed E-state index contributed by atoms with van der Waals surface area (Å²) < 4.78 is 0. The second-order valence-corrected chi connectivity index (χ2v) is 7.09. The SMILES string of the molecule is Cc1ccc(CN(C)C(=O)Nc2ccc3c(c2)CCC(=O)N3)s1. The van der Waals surface area contributed by atoms with E-state index < -0.39 is 0 Å². The number of fused-ring (bicyclic) bond motifs is 1. The quantitative estimate of drug-likeness (QED) is 0.904. The number of hydrogen-bond donors (Lipinski definition) is 2.